The molecule has 110 valence electrons. The minimum Gasteiger partial charge on any atom is -0.306 e. The van der Waals surface area contributed by atoms with Crippen molar-refractivity contribution in [2.75, 3.05) is 6.54 Å². The van der Waals surface area contributed by atoms with E-state index >= 15 is 0 Å². The predicted octanol–water partition coefficient (Wildman–Crippen LogP) is 5.67. The number of rotatable bonds is 5. The van der Waals surface area contributed by atoms with Crippen LogP contribution in [0.2, 0.25) is 0 Å². The number of benzene rings is 1. The van der Waals surface area contributed by atoms with Gasteiger partial charge in [-0.3, -0.25) is 0 Å². The SMILES string of the molecule is CCCNC(c1cc(C)c(C)s1)c1csc2ccccc12. The van der Waals surface area contributed by atoms with Gasteiger partial charge in [-0.1, -0.05) is 25.1 Å². The summed E-state index contributed by atoms with van der Waals surface area (Å²) in [4.78, 5) is 2.86. The molecule has 1 atom stereocenters. The molecule has 21 heavy (non-hydrogen) atoms. The molecular formula is C18H21NS2. The summed E-state index contributed by atoms with van der Waals surface area (Å²) in [5, 5.41) is 7.45. The lowest BCUT2D eigenvalue weighted by molar-refractivity contribution is 0.610. The van der Waals surface area contributed by atoms with Crippen LogP contribution in [-0.4, -0.2) is 6.54 Å². The molecule has 0 saturated heterocycles. The first-order chi connectivity index (χ1) is 10.2. The molecule has 0 spiro atoms. The van der Waals surface area contributed by atoms with E-state index < -0.39 is 0 Å². The standard InChI is InChI=1S/C18H21NS2/c1-4-9-19-18(17-10-12(2)13(3)21-17)15-11-20-16-8-6-5-7-14(15)16/h5-8,10-11,18-19H,4,9H2,1-3H3. The minimum absolute atomic E-state index is 0.318. The highest BCUT2D eigenvalue weighted by atomic mass is 32.1. The number of nitrogens with one attached hydrogen (secondary N) is 1. The van der Waals surface area contributed by atoms with Crippen LogP contribution in [0.1, 0.15) is 40.3 Å². The monoisotopic (exact) mass is 315 g/mol. The fraction of sp³-hybridized carbons (Fsp3) is 0.333. The maximum atomic E-state index is 3.74. The van der Waals surface area contributed by atoms with Crippen molar-refractivity contribution >= 4 is 32.8 Å². The van der Waals surface area contributed by atoms with Crippen LogP contribution in [-0.2, 0) is 0 Å². The third kappa shape index (κ3) is 2.91. The summed E-state index contributed by atoms with van der Waals surface area (Å²) >= 11 is 3.77. The van der Waals surface area contributed by atoms with Gasteiger partial charge in [0.25, 0.3) is 0 Å². The normalized spacial score (nSPS) is 12.9. The Balaban J connectivity index is 2.06. The second kappa shape index (κ2) is 6.30. The summed E-state index contributed by atoms with van der Waals surface area (Å²) in [7, 11) is 0. The van der Waals surface area contributed by atoms with E-state index in [1.165, 1.54) is 31.0 Å². The van der Waals surface area contributed by atoms with Gasteiger partial charge in [0.1, 0.15) is 0 Å². The fourth-order valence-corrected chi connectivity index (χ4v) is 4.74. The van der Waals surface area contributed by atoms with Gasteiger partial charge in [0, 0.05) is 14.5 Å². The van der Waals surface area contributed by atoms with Crippen molar-refractivity contribution in [2.24, 2.45) is 0 Å². The molecule has 1 nitrogen and oxygen atoms in total. The van der Waals surface area contributed by atoms with Crippen LogP contribution >= 0.6 is 22.7 Å². The molecule has 0 radical (unpaired) electrons. The van der Waals surface area contributed by atoms with E-state index in [1.54, 1.807) is 0 Å². The van der Waals surface area contributed by atoms with Crippen LogP contribution in [0, 0.1) is 13.8 Å². The molecule has 1 N–H and O–H groups in total. The minimum atomic E-state index is 0.318. The van der Waals surface area contributed by atoms with Crippen molar-refractivity contribution in [1.29, 1.82) is 0 Å². The smallest absolute Gasteiger partial charge is 0.0685 e. The summed E-state index contributed by atoms with van der Waals surface area (Å²) in [6.07, 6.45) is 1.15. The second-order valence-corrected chi connectivity index (χ2v) is 7.66. The molecule has 3 heteroatoms. The number of thiophene rings is 2. The van der Waals surface area contributed by atoms with E-state index in [-0.39, 0.29) is 0 Å². The molecule has 0 saturated carbocycles. The molecule has 0 aliphatic heterocycles. The molecule has 3 aromatic rings. The zero-order valence-corrected chi connectivity index (χ0v) is 14.4. The molecule has 1 aromatic carbocycles. The topological polar surface area (TPSA) is 12.0 Å². The number of hydrogen-bond acceptors (Lipinski definition) is 3. The van der Waals surface area contributed by atoms with Crippen molar-refractivity contribution in [3.8, 4) is 0 Å². The highest BCUT2D eigenvalue weighted by molar-refractivity contribution is 7.17. The first-order valence-electron chi connectivity index (χ1n) is 7.47. The van der Waals surface area contributed by atoms with Crippen molar-refractivity contribution in [3.63, 3.8) is 0 Å². The first kappa shape index (κ1) is 14.8. The molecule has 0 aliphatic rings. The zero-order valence-electron chi connectivity index (χ0n) is 12.8. The Labute approximate surface area is 134 Å². The van der Waals surface area contributed by atoms with Gasteiger partial charge in [0.05, 0.1) is 6.04 Å². The average Bonchev–Trinajstić information content (AvgIpc) is 3.05. The van der Waals surface area contributed by atoms with Crippen LogP contribution in [0.3, 0.4) is 0 Å². The number of fused-ring (bicyclic) bond motifs is 1. The molecule has 0 amide bonds. The lowest BCUT2D eigenvalue weighted by Crippen LogP contribution is -2.22. The van der Waals surface area contributed by atoms with Gasteiger partial charge < -0.3 is 5.32 Å². The van der Waals surface area contributed by atoms with E-state index in [4.69, 9.17) is 0 Å². The predicted molar refractivity (Wildman–Crippen MR) is 95.8 cm³/mol. The van der Waals surface area contributed by atoms with E-state index in [2.05, 4.69) is 61.8 Å². The molecule has 1 unspecified atom stereocenters. The Morgan fingerprint density at radius 2 is 2.00 bits per heavy atom. The molecule has 0 bridgehead atoms. The molecule has 3 rings (SSSR count). The average molecular weight is 316 g/mol. The van der Waals surface area contributed by atoms with Crippen molar-refractivity contribution < 1.29 is 0 Å². The lowest BCUT2D eigenvalue weighted by Gasteiger charge is -2.17. The van der Waals surface area contributed by atoms with E-state index in [9.17, 15) is 0 Å². The summed E-state index contributed by atoms with van der Waals surface area (Å²) in [5.74, 6) is 0. The summed E-state index contributed by atoms with van der Waals surface area (Å²) in [6.45, 7) is 7.69. The van der Waals surface area contributed by atoms with Gasteiger partial charge in [-0.15, -0.1) is 22.7 Å². The van der Waals surface area contributed by atoms with E-state index in [0.717, 1.165) is 13.0 Å². The second-order valence-electron chi connectivity index (χ2n) is 5.46. The largest absolute Gasteiger partial charge is 0.306 e. The van der Waals surface area contributed by atoms with Gasteiger partial charge in [0.15, 0.2) is 0 Å². The van der Waals surface area contributed by atoms with Crippen molar-refractivity contribution in [1.82, 2.24) is 5.32 Å². The van der Waals surface area contributed by atoms with E-state index in [0.29, 0.717) is 6.04 Å². The Bertz CT molecular complexity index is 719. The third-order valence-corrected chi connectivity index (χ3v) is 6.09. The Hall–Kier alpha value is -1.16. The van der Waals surface area contributed by atoms with Gasteiger partial charge >= 0.3 is 0 Å². The molecular weight excluding hydrogens is 294 g/mol. The van der Waals surface area contributed by atoms with Crippen molar-refractivity contribution in [3.05, 3.63) is 56.6 Å². The van der Waals surface area contributed by atoms with Crippen LogP contribution < -0.4 is 5.32 Å². The van der Waals surface area contributed by atoms with Crippen molar-refractivity contribution in [2.45, 2.75) is 33.2 Å². The van der Waals surface area contributed by atoms with Crippen LogP contribution in [0.15, 0.2) is 35.7 Å². The lowest BCUT2D eigenvalue weighted by atomic mass is 10.0. The van der Waals surface area contributed by atoms with Gasteiger partial charge in [-0.2, -0.15) is 0 Å². The molecule has 0 fully saturated rings. The third-order valence-electron chi connectivity index (χ3n) is 3.89. The molecule has 2 heterocycles. The molecule has 0 aliphatic carbocycles. The van der Waals surface area contributed by atoms with E-state index in [1.807, 2.05) is 22.7 Å². The molecule has 2 aromatic heterocycles. The summed E-state index contributed by atoms with van der Waals surface area (Å²) < 4.78 is 1.38. The maximum absolute atomic E-state index is 3.74. The quantitative estimate of drug-likeness (QED) is 0.640. The summed E-state index contributed by atoms with van der Waals surface area (Å²) in [5.41, 5.74) is 2.82. The Morgan fingerprint density at radius 1 is 1.19 bits per heavy atom. The van der Waals surface area contributed by atoms with Crippen LogP contribution in [0.25, 0.3) is 10.1 Å². The van der Waals surface area contributed by atoms with Crippen LogP contribution in [0.4, 0.5) is 0 Å². The van der Waals surface area contributed by atoms with Gasteiger partial charge in [-0.05, 0) is 60.8 Å². The highest BCUT2D eigenvalue weighted by Gasteiger charge is 2.19. The number of hydrogen-bond donors (Lipinski definition) is 1. The maximum Gasteiger partial charge on any atom is 0.0685 e. The summed E-state index contributed by atoms with van der Waals surface area (Å²) in [6, 6.07) is 11.4. The van der Waals surface area contributed by atoms with Gasteiger partial charge in [-0.25, -0.2) is 0 Å². The fourth-order valence-electron chi connectivity index (χ4n) is 2.62. The Morgan fingerprint density at radius 3 is 2.71 bits per heavy atom. The zero-order chi connectivity index (χ0) is 14.8. The first-order valence-corrected chi connectivity index (χ1v) is 9.16. The Kier molecular flexibility index (Phi) is 4.43. The van der Waals surface area contributed by atoms with Gasteiger partial charge in [0.2, 0.25) is 0 Å². The highest BCUT2D eigenvalue weighted by Crippen LogP contribution is 2.37. The van der Waals surface area contributed by atoms with Crippen LogP contribution in [0.5, 0.6) is 0 Å². The number of aryl methyl sites for hydroxylation is 2.